The van der Waals surface area contributed by atoms with Gasteiger partial charge < -0.3 is 33.2 Å². The van der Waals surface area contributed by atoms with Crippen molar-refractivity contribution in [3.05, 3.63) is 180 Å². The molecule has 10 rings (SSSR count). The largest absolute Gasteiger partial charge is 0.496 e. The highest BCUT2D eigenvalue weighted by atomic mass is 16.5. The standard InChI is InChI=1S/C74H90O7/c1-42(2)81-70-62-26-45(5)27-63(70)61-25-44(4)23-55(69(61)78-21)41-80-67-52-30-48-34-56(71(6,7)8)32-46(64(48)75-18)28-50-36-58(73(12,13)14)37-51(66(50)79-40-54-22-43(3)24-60(62)68(54)77-20)29-47-33-57(72(9,10)11)35-49(65(47)76-19)31-53(67)39-59(38-52)74(15,16)17/h22-27,32-39,42H,28-31,40-41H2,1-21H3. The molecule has 7 heteroatoms. The molecule has 7 aromatic rings. The molecule has 0 spiro atoms. The van der Waals surface area contributed by atoms with Gasteiger partial charge >= 0.3 is 0 Å². The van der Waals surface area contributed by atoms with E-state index in [2.05, 4.69) is 203 Å². The summed E-state index contributed by atoms with van der Waals surface area (Å²) in [7, 11) is 7.19. The quantitative estimate of drug-likeness (QED) is 0.164. The lowest BCUT2D eigenvalue weighted by molar-refractivity contribution is 0.244. The molecule has 0 unspecified atom stereocenters. The van der Waals surface area contributed by atoms with E-state index in [0.29, 0.717) is 25.7 Å². The highest BCUT2D eigenvalue weighted by Crippen LogP contribution is 2.50. The monoisotopic (exact) mass is 1090 g/mol. The zero-order chi connectivity index (χ0) is 58.8. The maximum absolute atomic E-state index is 7.59. The van der Waals surface area contributed by atoms with E-state index in [-0.39, 0.29) is 41.0 Å². The van der Waals surface area contributed by atoms with Gasteiger partial charge in [-0.05, 0) is 176 Å². The third-order valence-electron chi connectivity index (χ3n) is 16.3. The second-order valence-electron chi connectivity index (χ2n) is 27.6. The fourth-order valence-electron chi connectivity index (χ4n) is 12.1. The first-order chi connectivity index (χ1) is 38.0. The molecule has 0 radical (unpaired) electrons. The van der Waals surface area contributed by atoms with Crippen LogP contribution in [0.2, 0.25) is 0 Å². The van der Waals surface area contributed by atoms with Crippen molar-refractivity contribution in [3.63, 3.8) is 0 Å². The minimum absolute atomic E-state index is 0.143. The van der Waals surface area contributed by atoms with Gasteiger partial charge in [0.05, 0.1) is 34.5 Å². The molecule has 0 saturated heterocycles. The van der Waals surface area contributed by atoms with Crippen LogP contribution in [0.25, 0.3) is 22.3 Å². The summed E-state index contributed by atoms with van der Waals surface area (Å²) in [5.74, 6) is 5.64. The number of benzene rings is 7. The van der Waals surface area contributed by atoms with Gasteiger partial charge in [-0.3, -0.25) is 0 Å². The zero-order valence-electron chi connectivity index (χ0n) is 52.8. The van der Waals surface area contributed by atoms with Crippen molar-refractivity contribution >= 4 is 0 Å². The van der Waals surface area contributed by atoms with Gasteiger partial charge in [0.25, 0.3) is 0 Å². The molecule has 0 saturated carbocycles. The molecule has 0 fully saturated rings. The highest BCUT2D eigenvalue weighted by Gasteiger charge is 2.31. The summed E-state index contributed by atoms with van der Waals surface area (Å²) in [5.41, 5.74) is 21.7. The van der Waals surface area contributed by atoms with Crippen molar-refractivity contribution in [2.45, 2.75) is 184 Å². The van der Waals surface area contributed by atoms with Crippen molar-refractivity contribution in [3.8, 4) is 62.5 Å². The summed E-state index contributed by atoms with van der Waals surface area (Å²) in [6.07, 6.45) is 2.08. The van der Waals surface area contributed by atoms with E-state index in [1.807, 2.05) is 14.2 Å². The SMILES string of the molecule is COc1c2cc(C(C)(C)C)cc1Cc1cc(C(C)(C)C)cc3c1OCc1cc(C)cc(c1OC)-c1cc(C)cc(c1OC(C)C)-c1cc(C)cc(c1OC)COc1c(cc(C(C)(C)C)cc1Cc1cc(C(C)(C)C)cc(c1OC)C3)C2. The smallest absolute Gasteiger partial charge is 0.135 e. The molecule has 0 atom stereocenters. The molecule has 16 bridgehead atoms. The van der Waals surface area contributed by atoms with Crippen LogP contribution in [0.15, 0.2) is 84.9 Å². The first kappa shape index (κ1) is 58.8. The Hall–Kier alpha value is -6.86. The van der Waals surface area contributed by atoms with Gasteiger partial charge in [0.15, 0.2) is 0 Å². The Labute approximate surface area is 485 Å². The second kappa shape index (κ2) is 22.1. The van der Waals surface area contributed by atoms with Crippen LogP contribution in [0.4, 0.5) is 0 Å². The molecular formula is C74H90O7. The highest BCUT2D eigenvalue weighted by molar-refractivity contribution is 5.89. The average Bonchev–Trinajstić information content (AvgIpc) is 3.32. The lowest BCUT2D eigenvalue weighted by Crippen LogP contribution is -2.17. The molecule has 81 heavy (non-hydrogen) atoms. The van der Waals surface area contributed by atoms with Crippen LogP contribution in [-0.4, -0.2) is 34.5 Å². The van der Waals surface area contributed by atoms with Gasteiger partial charge in [0, 0.05) is 59.1 Å². The summed E-state index contributed by atoms with van der Waals surface area (Å²) in [4.78, 5) is 0. The molecule has 7 aromatic carbocycles. The Bertz CT molecular complexity index is 3220. The number of ether oxygens (including phenoxy) is 7. The van der Waals surface area contributed by atoms with Crippen molar-refractivity contribution < 1.29 is 33.2 Å². The molecule has 0 N–H and O–H groups in total. The molecule has 1 aliphatic carbocycles. The van der Waals surface area contributed by atoms with Crippen LogP contribution in [0, 0.1) is 20.8 Å². The van der Waals surface area contributed by atoms with Crippen molar-refractivity contribution in [2.75, 3.05) is 28.4 Å². The van der Waals surface area contributed by atoms with Crippen molar-refractivity contribution in [2.24, 2.45) is 0 Å². The van der Waals surface area contributed by atoms with E-state index in [1.54, 1.807) is 14.2 Å². The molecule has 2 aliphatic heterocycles. The molecular weight excluding hydrogens is 1000 g/mol. The van der Waals surface area contributed by atoms with Gasteiger partial charge in [0.1, 0.15) is 53.5 Å². The van der Waals surface area contributed by atoms with E-state index >= 15 is 0 Å². The van der Waals surface area contributed by atoms with E-state index in [0.717, 1.165) is 135 Å². The molecule has 3 aliphatic rings. The zero-order valence-corrected chi connectivity index (χ0v) is 52.8. The topological polar surface area (TPSA) is 64.6 Å². The van der Waals surface area contributed by atoms with Gasteiger partial charge in [-0.25, -0.2) is 0 Å². The lowest BCUT2D eigenvalue weighted by Gasteiger charge is -2.29. The van der Waals surface area contributed by atoms with Gasteiger partial charge in [-0.1, -0.05) is 132 Å². The third kappa shape index (κ3) is 12.1. The maximum Gasteiger partial charge on any atom is 0.135 e. The molecule has 7 nitrogen and oxygen atoms in total. The van der Waals surface area contributed by atoms with E-state index in [9.17, 15) is 0 Å². The van der Waals surface area contributed by atoms with Crippen molar-refractivity contribution in [1.82, 2.24) is 0 Å². The van der Waals surface area contributed by atoms with Gasteiger partial charge in [-0.2, -0.15) is 0 Å². The Morgan fingerprint density at radius 3 is 0.815 bits per heavy atom. The number of hydrogen-bond acceptors (Lipinski definition) is 7. The molecule has 0 aromatic heterocycles. The van der Waals surface area contributed by atoms with Gasteiger partial charge in [-0.15, -0.1) is 0 Å². The minimum Gasteiger partial charge on any atom is -0.496 e. The van der Waals surface area contributed by atoms with E-state index < -0.39 is 0 Å². The first-order valence-corrected chi connectivity index (χ1v) is 29.1. The number of methoxy groups -OCH3 is 4. The summed E-state index contributed by atoms with van der Waals surface area (Å²) in [6, 6.07) is 32.3. The van der Waals surface area contributed by atoms with Crippen LogP contribution in [-0.2, 0) is 60.6 Å². The summed E-state index contributed by atoms with van der Waals surface area (Å²) >= 11 is 0. The Kier molecular flexibility index (Phi) is 16.1. The van der Waals surface area contributed by atoms with Crippen LogP contribution < -0.4 is 33.2 Å². The fourth-order valence-corrected chi connectivity index (χ4v) is 12.1. The fraction of sp³-hybridized carbons (Fsp3) is 0.432. The molecule has 428 valence electrons. The molecule has 2 heterocycles. The minimum atomic E-state index is -0.194. The molecule has 0 amide bonds. The number of hydrogen-bond donors (Lipinski definition) is 0. The predicted octanol–water partition coefficient (Wildman–Crippen LogP) is 18.1. The maximum atomic E-state index is 7.59. The number of aryl methyl sites for hydroxylation is 3. The van der Waals surface area contributed by atoms with E-state index in [4.69, 9.17) is 33.2 Å². The second-order valence-corrected chi connectivity index (χ2v) is 27.6. The lowest BCUT2D eigenvalue weighted by atomic mass is 9.79. The third-order valence-corrected chi connectivity index (χ3v) is 16.3. The summed E-state index contributed by atoms with van der Waals surface area (Å²) < 4.78 is 48.9. The van der Waals surface area contributed by atoms with E-state index in [1.165, 1.54) is 22.3 Å². The summed E-state index contributed by atoms with van der Waals surface area (Å²) in [6.45, 7) is 38.8. The Morgan fingerprint density at radius 2 is 0.568 bits per heavy atom. The average molecular weight is 1090 g/mol. The van der Waals surface area contributed by atoms with Crippen LogP contribution >= 0.6 is 0 Å². The predicted molar refractivity (Wildman–Crippen MR) is 334 cm³/mol. The first-order valence-electron chi connectivity index (χ1n) is 29.1. The number of rotatable bonds is 6. The van der Waals surface area contributed by atoms with Crippen LogP contribution in [0.5, 0.6) is 40.2 Å². The van der Waals surface area contributed by atoms with Gasteiger partial charge in [0.2, 0.25) is 0 Å². The Morgan fingerprint density at radius 1 is 0.321 bits per heavy atom. The van der Waals surface area contributed by atoms with Crippen molar-refractivity contribution in [1.29, 1.82) is 0 Å². The summed E-state index contributed by atoms with van der Waals surface area (Å²) in [5, 5.41) is 0. The van der Waals surface area contributed by atoms with Crippen LogP contribution in [0.1, 0.15) is 192 Å². The number of fused-ring (bicyclic) bond motifs is 2. The van der Waals surface area contributed by atoms with Crippen LogP contribution in [0.3, 0.4) is 0 Å². The Balaban J connectivity index is 1.49. The normalized spacial score (nSPS) is 13.8.